The van der Waals surface area contributed by atoms with Gasteiger partial charge in [0, 0.05) is 11.5 Å². The van der Waals surface area contributed by atoms with Crippen LogP contribution in [0.5, 0.6) is 0 Å². The summed E-state index contributed by atoms with van der Waals surface area (Å²) in [6.45, 7) is 2.02. The number of nitrogens with two attached hydrogens (primary N) is 1. The number of rotatable bonds is 5. The second kappa shape index (κ2) is 6.90. The summed E-state index contributed by atoms with van der Waals surface area (Å²) in [7, 11) is 0. The molecule has 2 amide bonds. The molecule has 2 aliphatic rings. The molecule has 8 heteroatoms. The largest absolute Gasteiger partial charge is 0.451 e. The summed E-state index contributed by atoms with van der Waals surface area (Å²) in [5, 5.41) is 3.12. The lowest BCUT2D eigenvalue weighted by atomic mass is 10.1. The minimum atomic E-state index is -0.973. The molecule has 0 bridgehead atoms. The van der Waals surface area contributed by atoms with Gasteiger partial charge in [-0.15, -0.1) is 11.3 Å². The van der Waals surface area contributed by atoms with Crippen molar-refractivity contribution >= 4 is 34.1 Å². The Morgan fingerprint density at radius 2 is 2.12 bits per heavy atom. The van der Waals surface area contributed by atoms with Crippen molar-refractivity contribution in [2.45, 2.75) is 51.2 Å². The molecule has 3 rings (SSSR count). The molecule has 24 heavy (non-hydrogen) atoms. The van der Waals surface area contributed by atoms with E-state index in [-0.39, 0.29) is 0 Å². The van der Waals surface area contributed by atoms with Crippen LogP contribution >= 0.6 is 11.3 Å². The number of hydrogen-bond acceptors (Lipinski definition) is 6. The topological polar surface area (TPSA) is 108 Å². The van der Waals surface area contributed by atoms with Gasteiger partial charge in [0.25, 0.3) is 11.8 Å². The molecule has 1 aromatic heterocycles. The van der Waals surface area contributed by atoms with Crippen molar-refractivity contribution in [3.05, 3.63) is 16.0 Å². The van der Waals surface area contributed by atoms with Gasteiger partial charge in [0.05, 0.1) is 5.56 Å². The Kier molecular flexibility index (Phi) is 4.86. The van der Waals surface area contributed by atoms with E-state index in [0.717, 1.165) is 36.1 Å². The molecule has 1 aromatic rings. The summed E-state index contributed by atoms with van der Waals surface area (Å²) in [5.41, 5.74) is 6.79. The maximum absolute atomic E-state index is 12.3. The van der Waals surface area contributed by atoms with E-state index in [4.69, 9.17) is 15.2 Å². The Hall–Kier alpha value is -1.93. The maximum atomic E-state index is 12.3. The van der Waals surface area contributed by atoms with Gasteiger partial charge in [0.1, 0.15) is 5.00 Å². The van der Waals surface area contributed by atoms with Crippen molar-refractivity contribution in [2.75, 3.05) is 11.9 Å². The van der Waals surface area contributed by atoms with Crippen molar-refractivity contribution in [1.29, 1.82) is 0 Å². The quantitative estimate of drug-likeness (QED) is 0.779. The van der Waals surface area contributed by atoms with Gasteiger partial charge in [-0.25, -0.2) is 4.79 Å². The zero-order valence-electron chi connectivity index (χ0n) is 13.4. The second-order valence-electron chi connectivity index (χ2n) is 6.00. The number of primary amides is 1. The number of amides is 2. The summed E-state index contributed by atoms with van der Waals surface area (Å²) >= 11 is 1.37. The molecule has 0 radical (unpaired) electrons. The molecule has 0 aromatic carbocycles. The zero-order chi connectivity index (χ0) is 17.3. The number of thiophene rings is 1. The fourth-order valence-electron chi connectivity index (χ4n) is 3.03. The van der Waals surface area contributed by atoms with Gasteiger partial charge in [-0.1, -0.05) is 0 Å². The average molecular weight is 352 g/mol. The second-order valence-corrected chi connectivity index (χ2v) is 7.10. The number of hydrogen-bond donors (Lipinski definition) is 2. The molecule has 7 nitrogen and oxygen atoms in total. The van der Waals surface area contributed by atoms with Crippen LogP contribution in [0.3, 0.4) is 0 Å². The van der Waals surface area contributed by atoms with Crippen molar-refractivity contribution in [1.82, 2.24) is 0 Å². The van der Waals surface area contributed by atoms with Crippen LogP contribution in [-0.4, -0.2) is 36.6 Å². The van der Waals surface area contributed by atoms with Crippen LogP contribution in [0.2, 0.25) is 0 Å². The molecule has 1 aliphatic carbocycles. The summed E-state index contributed by atoms with van der Waals surface area (Å²) in [5.74, 6) is -1.56. The molecule has 1 fully saturated rings. The third-order valence-electron chi connectivity index (χ3n) is 4.26. The molecule has 0 saturated carbocycles. The minimum Gasteiger partial charge on any atom is -0.451 e. The van der Waals surface area contributed by atoms with Crippen LogP contribution in [-0.2, 0) is 31.9 Å². The van der Waals surface area contributed by atoms with E-state index in [1.54, 1.807) is 0 Å². The highest BCUT2D eigenvalue weighted by Crippen LogP contribution is 2.38. The van der Waals surface area contributed by atoms with Crippen molar-refractivity contribution in [3.63, 3.8) is 0 Å². The lowest BCUT2D eigenvalue weighted by Gasteiger charge is -2.16. The Balaban J connectivity index is 1.66. The first kappa shape index (κ1) is 16.9. The number of aryl methyl sites for hydroxylation is 1. The standard InChI is InChI=1S/C16H20N2O5S/c1-8(23-16(21)10-5-3-7-22-10)14(20)18-15-12(13(17)19)9-4-2-6-11(9)24-15/h8,10H,2-7H2,1H3,(H2,17,19)(H,18,20)/t8-,10+/m0/s1. The average Bonchev–Trinajstić information content (AvgIpc) is 3.22. The monoisotopic (exact) mass is 352 g/mol. The van der Waals surface area contributed by atoms with Gasteiger partial charge in [-0.2, -0.15) is 0 Å². The highest BCUT2D eigenvalue weighted by molar-refractivity contribution is 7.17. The SMILES string of the molecule is C[C@H](OC(=O)[C@H]1CCCO1)C(=O)Nc1sc2c(c1C(N)=O)CCC2. The zero-order valence-corrected chi connectivity index (χ0v) is 14.2. The lowest BCUT2D eigenvalue weighted by Crippen LogP contribution is -2.34. The Bertz CT molecular complexity index is 678. The van der Waals surface area contributed by atoms with Crippen LogP contribution in [0, 0.1) is 0 Å². The van der Waals surface area contributed by atoms with Gasteiger partial charge in [0.2, 0.25) is 0 Å². The molecule has 2 atom stereocenters. The molecule has 130 valence electrons. The Morgan fingerprint density at radius 3 is 2.79 bits per heavy atom. The molecule has 3 N–H and O–H groups in total. The van der Waals surface area contributed by atoms with Gasteiger partial charge >= 0.3 is 5.97 Å². The van der Waals surface area contributed by atoms with Crippen molar-refractivity contribution in [3.8, 4) is 0 Å². The predicted molar refractivity (Wildman–Crippen MR) is 88.0 cm³/mol. The molecule has 0 unspecified atom stereocenters. The lowest BCUT2D eigenvalue weighted by molar-refractivity contribution is -0.162. The van der Waals surface area contributed by atoms with Gasteiger partial charge in [-0.3, -0.25) is 9.59 Å². The van der Waals surface area contributed by atoms with E-state index >= 15 is 0 Å². The first-order valence-corrected chi connectivity index (χ1v) is 8.86. The third-order valence-corrected chi connectivity index (χ3v) is 5.47. The summed E-state index contributed by atoms with van der Waals surface area (Å²) < 4.78 is 10.4. The first-order valence-electron chi connectivity index (χ1n) is 8.04. The highest BCUT2D eigenvalue weighted by Gasteiger charge is 2.30. The fourth-order valence-corrected chi connectivity index (χ4v) is 4.33. The number of ether oxygens (including phenoxy) is 2. The highest BCUT2D eigenvalue weighted by atomic mass is 32.1. The molecular weight excluding hydrogens is 332 g/mol. The number of carbonyl (C=O) groups excluding carboxylic acids is 3. The van der Waals surface area contributed by atoms with E-state index in [1.165, 1.54) is 18.3 Å². The van der Waals surface area contributed by atoms with E-state index in [2.05, 4.69) is 5.32 Å². The number of nitrogens with one attached hydrogen (secondary N) is 1. The van der Waals surface area contributed by atoms with Crippen molar-refractivity contribution in [2.24, 2.45) is 5.73 Å². The van der Waals surface area contributed by atoms with E-state index in [0.29, 0.717) is 23.6 Å². The van der Waals surface area contributed by atoms with Crippen LogP contribution in [0.15, 0.2) is 0 Å². The molecule has 1 saturated heterocycles. The molecule has 0 spiro atoms. The summed E-state index contributed by atoms with van der Waals surface area (Å²) in [6, 6.07) is 0. The minimum absolute atomic E-state index is 0.388. The number of esters is 1. The predicted octanol–water partition coefficient (Wildman–Crippen LogP) is 1.38. The van der Waals surface area contributed by atoms with Gasteiger partial charge in [0.15, 0.2) is 12.2 Å². The van der Waals surface area contributed by atoms with Crippen LogP contribution in [0.25, 0.3) is 0 Å². The fraction of sp³-hybridized carbons (Fsp3) is 0.562. The van der Waals surface area contributed by atoms with Gasteiger partial charge < -0.3 is 20.5 Å². The van der Waals surface area contributed by atoms with Gasteiger partial charge in [-0.05, 0) is 44.6 Å². The number of carbonyl (C=O) groups is 3. The first-order chi connectivity index (χ1) is 11.5. The van der Waals surface area contributed by atoms with Crippen molar-refractivity contribution < 1.29 is 23.9 Å². The van der Waals surface area contributed by atoms with Crippen LogP contribution in [0.4, 0.5) is 5.00 Å². The Labute approximate surface area is 143 Å². The van der Waals surface area contributed by atoms with E-state index < -0.39 is 30.0 Å². The molecule has 2 heterocycles. The normalized spacial score (nSPS) is 20.5. The third kappa shape index (κ3) is 3.29. The Morgan fingerprint density at radius 1 is 1.33 bits per heavy atom. The maximum Gasteiger partial charge on any atom is 0.336 e. The van der Waals surface area contributed by atoms with E-state index in [1.807, 2.05) is 0 Å². The van der Waals surface area contributed by atoms with E-state index in [9.17, 15) is 14.4 Å². The molecular formula is C16H20N2O5S. The van der Waals surface area contributed by atoms with Crippen LogP contribution in [0.1, 0.15) is 47.0 Å². The number of fused-ring (bicyclic) bond motifs is 1. The number of anilines is 1. The summed E-state index contributed by atoms with van der Waals surface area (Å²) in [6.07, 6.45) is 2.53. The van der Waals surface area contributed by atoms with Crippen LogP contribution < -0.4 is 11.1 Å². The molecule has 1 aliphatic heterocycles. The smallest absolute Gasteiger partial charge is 0.336 e. The summed E-state index contributed by atoms with van der Waals surface area (Å²) in [4.78, 5) is 37.0.